The van der Waals surface area contributed by atoms with E-state index < -0.39 is 0 Å². The van der Waals surface area contributed by atoms with Crippen molar-refractivity contribution >= 4 is 51.5 Å². The molecule has 0 radical (unpaired) electrons. The monoisotopic (exact) mass is 399 g/mol. The molecule has 0 bridgehead atoms. The Morgan fingerprint density at radius 3 is 2.52 bits per heavy atom. The smallest absolute Gasteiger partial charge is 0.254 e. The number of thiazole rings is 1. The van der Waals surface area contributed by atoms with Crippen molar-refractivity contribution in [3.05, 3.63) is 45.4 Å². The third-order valence-corrected chi connectivity index (χ3v) is 4.57. The molecule has 1 N–H and O–H groups in total. The summed E-state index contributed by atoms with van der Waals surface area (Å²) in [5, 5.41) is 5.75. The van der Waals surface area contributed by atoms with Crippen molar-refractivity contribution in [1.82, 2.24) is 9.88 Å². The largest absolute Gasteiger partial charge is 0.329 e. The molecule has 0 saturated carbocycles. The highest BCUT2D eigenvalue weighted by molar-refractivity contribution is 7.13. The predicted octanol–water partition coefficient (Wildman–Crippen LogP) is 4.72. The van der Waals surface area contributed by atoms with Gasteiger partial charge in [-0.25, -0.2) is 4.98 Å². The number of nitrogens with zero attached hydrogens (tertiary/aromatic N) is 2. The summed E-state index contributed by atoms with van der Waals surface area (Å²) in [6, 6.07) is 4.68. The normalized spacial score (nSPS) is 10.5. The van der Waals surface area contributed by atoms with Crippen molar-refractivity contribution in [1.29, 1.82) is 0 Å². The van der Waals surface area contributed by atoms with Gasteiger partial charge >= 0.3 is 0 Å². The average molecular weight is 400 g/mol. The quantitative estimate of drug-likeness (QED) is 0.652. The van der Waals surface area contributed by atoms with Gasteiger partial charge in [-0.15, -0.1) is 11.3 Å². The molecule has 1 aromatic carbocycles. The van der Waals surface area contributed by atoms with Crippen LogP contribution in [0.5, 0.6) is 0 Å². The molecule has 0 spiro atoms. The second-order valence-electron chi connectivity index (χ2n) is 5.48. The van der Waals surface area contributed by atoms with Gasteiger partial charge in [-0.3, -0.25) is 9.59 Å². The number of benzene rings is 1. The second kappa shape index (κ2) is 9.75. The van der Waals surface area contributed by atoms with Gasteiger partial charge in [0.1, 0.15) is 6.54 Å². The molecule has 5 nitrogen and oxygen atoms in total. The van der Waals surface area contributed by atoms with Crippen LogP contribution in [0.2, 0.25) is 10.0 Å². The highest BCUT2D eigenvalue weighted by Gasteiger charge is 2.20. The molecule has 25 heavy (non-hydrogen) atoms. The zero-order chi connectivity index (χ0) is 18.2. The van der Waals surface area contributed by atoms with Gasteiger partial charge in [0.05, 0.1) is 0 Å². The zero-order valence-electron chi connectivity index (χ0n) is 13.8. The fourth-order valence-electron chi connectivity index (χ4n) is 2.28. The fourth-order valence-corrected chi connectivity index (χ4v) is 3.35. The van der Waals surface area contributed by atoms with Crippen LogP contribution < -0.4 is 5.32 Å². The molecule has 2 aromatic rings. The minimum Gasteiger partial charge on any atom is -0.329 e. The summed E-state index contributed by atoms with van der Waals surface area (Å²) < 4.78 is 0. The van der Waals surface area contributed by atoms with Crippen molar-refractivity contribution in [2.75, 3.05) is 18.4 Å². The van der Waals surface area contributed by atoms with Crippen LogP contribution in [0, 0.1) is 0 Å². The summed E-state index contributed by atoms with van der Waals surface area (Å²) in [5.74, 6) is -0.553. The SMILES string of the molecule is CCCCCN(CC(=O)Nc1nccs1)C(=O)c1cc(Cl)cc(Cl)c1. The molecule has 2 amide bonds. The van der Waals surface area contributed by atoms with E-state index in [-0.39, 0.29) is 18.4 Å². The maximum absolute atomic E-state index is 12.8. The van der Waals surface area contributed by atoms with E-state index in [4.69, 9.17) is 23.2 Å². The molecule has 8 heteroatoms. The molecule has 0 unspecified atom stereocenters. The van der Waals surface area contributed by atoms with Gasteiger partial charge in [0.2, 0.25) is 5.91 Å². The number of hydrogen-bond donors (Lipinski definition) is 1. The topological polar surface area (TPSA) is 62.3 Å². The highest BCUT2D eigenvalue weighted by Crippen LogP contribution is 2.20. The lowest BCUT2D eigenvalue weighted by Crippen LogP contribution is -2.38. The number of nitrogens with one attached hydrogen (secondary N) is 1. The van der Waals surface area contributed by atoms with Gasteiger partial charge in [0, 0.05) is 33.7 Å². The van der Waals surface area contributed by atoms with Crippen LogP contribution in [0.15, 0.2) is 29.8 Å². The average Bonchev–Trinajstić information content (AvgIpc) is 3.05. The van der Waals surface area contributed by atoms with Crippen LogP contribution in [-0.2, 0) is 4.79 Å². The number of carbonyl (C=O) groups is 2. The van der Waals surface area contributed by atoms with Gasteiger partial charge in [0.15, 0.2) is 5.13 Å². The lowest BCUT2D eigenvalue weighted by molar-refractivity contribution is -0.116. The molecule has 0 saturated heterocycles. The minimum absolute atomic E-state index is 0.0493. The van der Waals surface area contributed by atoms with Crippen LogP contribution in [0.3, 0.4) is 0 Å². The van der Waals surface area contributed by atoms with Crippen LogP contribution in [-0.4, -0.2) is 34.8 Å². The van der Waals surface area contributed by atoms with Crippen LogP contribution in [0.1, 0.15) is 36.5 Å². The molecule has 0 aliphatic rings. The van der Waals surface area contributed by atoms with Gasteiger partial charge < -0.3 is 10.2 Å². The van der Waals surface area contributed by atoms with E-state index in [1.807, 2.05) is 0 Å². The van der Waals surface area contributed by atoms with Crippen LogP contribution in [0.25, 0.3) is 0 Å². The van der Waals surface area contributed by atoms with Crippen molar-refractivity contribution in [3.8, 4) is 0 Å². The fraction of sp³-hybridized carbons (Fsp3) is 0.353. The second-order valence-corrected chi connectivity index (χ2v) is 7.24. The lowest BCUT2D eigenvalue weighted by atomic mass is 10.1. The summed E-state index contributed by atoms with van der Waals surface area (Å²) in [7, 11) is 0. The van der Waals surface area contributed by atoms with Crippen LogP contribution in [0.4, 0.5) is 5.13 Å². The number of anilines is 1. The Kier molecular flexibility index (Phi) is 7.68. The molecule has 1 aromatic heterocycles. The Labute approximate surface area is 161 Å². The maximum atomic E-state index is 12.8. The number of hydrogen-bond acceptors (Lipinski definition) is 4. The van der Waals surface area contributed by atoms with E-state index in [1.54, 1.807) is 29.8 Å². The van der Waals surface area contributed by atoms with E-state index in [0.29, 0.717) is 27.3 Å². The predicted molar refractivity (Wildman–Crippen MR) is 103 cm³/mol. The van der Waals surface area contributed by atoms with Crippen molar-refractivity contribution in [2.24, 2.45) is 0 Å². The van der Waals surface area contributed by atoms with E-state index in [1.165, 1.54) is 16.2 Å². The number of halogens is 2. The van der Waals surface area contributed by atoms with Gasteiger partial charge in [-0.05, 0) is 24.6 Å². The molecule has 2 rings (SSSR count). The minimum atomic E-state index is -0.284. The van der Waals surface area contributed by atoms with Gasteiger partial charge in [-0.2, -0.15) is 0 Å². The first-order valence-corrected chi connectivity index (χ1v) is 9.58. The summed E-state index contributed by atoms with van der Waals surface area (Å²) in [6.07, 6.45) is 4.43. The van der Waals surface area contributed by atoms with E-state index >= 15 is 0 Å². The number of rotatable bonds is 8. The van der Waals surface area contributed by atoms with Gasteiger partial charge in [-0.1, -0.05) is 43.0 Å². The standard InChI is InChI=1S/C17H19Cl2N3O2S/c1-2-3-4-6-22(11-15(23)21-17-20-5-7-25-17)16(24)12-8-13(18)10-14(19)9-12/h5,7-10H,2-4,6,11H2,1H3,(H,20,21,23). The Hall–Kier alpha value is -1.63. The van der Waals surface area contributed by atoms with Crippen molar-refractivity contribution in [3.63, 3.8) is 0 Å². The van der Waals surface area contributed by atoms with Crippen molar-refractivity contribution < 1.29 is 9.59 Å². The van der Waals surface area contributed by atoms with Crippen LogP contribution >= 0.6 is 34.5 Å². The van der Waals surface area contributed by atoms with E-state index in [2.05, 4.69) is 17.2 Å². The molecule has 0 aliphatic heterocycles. The van der Waals surface area contributed by atoms with E-state index in [0.717, 1.165) is 19.3 Å². The first kappa shape index (κ1) is 19.7. The third kappa shape index (κ3) is 6.30. The number of aromatic nitrogens is 1. The first-order chi connectivity index (χ1) is 12.0. The molecule has 1 heterocycles. The lowest BCUT2D eigenvalue weighted by Gasteiger charge is -2.22. The molecule has 0 fully saturated rings. The zero-order valence-corrected chi connectivity index (χ0v) is 16.1. The third-order valence-electron chi connectivity index (χ3n) is 3.44. The molecule has 0 atom stereocenters. The Balaban J connectivity index is 2.10. The molecule has 0 aliphatic carbocycles. The number of amides is 2. The Morgan fingerprint density at radius 2 is 1.92 bits per heavy atom. The molecular formula is C17H19Cl2N3O2S. The summed E-state index contributed by atoms with van der Waals surface area (Å²) in [4.78, 5) is 30.6. The molecule has 134 valence electrons. The molecular weight excluding hydrogens is 381 g/mol. The summed E-state index contributed by atoms with van der Waals surface area (Å²) in [6.45, 7) is 2.52. The first-order valence-electron chi connectivity index (χ1n) is 7.94. The maximum Gasteiger partial charge on any atom is 0.254 e. The Morgan fingerprint density at radius 1 is 1.20 bits per heavy atom. The van der Waals surface area contributed by atoms with Crippen molar-refractivity contribution in [2.45, 2.75) is 26.2 Å². The van der Waals surface area contributed by atoms with Gasteiger partial charge in [0.25, 0.3) is 5.91 Å². The summed E-state index contributed by atoms with van der Waals surface area (Å²) >= 11 is 13.3. The highest BCUT2D eigenvalue weighted by atomic mass is 35.5. The summed E-state index contributed by atoms with van der Waals surface area (Å²) in [5.41, 5.74) is 0.371. The Bertz CT molecular complexity index is 702. The van der Waals surface area contributed by atoms with E-state index in [9.17, 15) is 9.59 Å². The number of unbranched alkanes of at least 4 members (excludes halogenated alkanes) is 2. The number of carbonyl (C=O) groups excluding carboxylic acids is 2.